The Kier molecular flexibility index (Phi) is 6.95. The standard InChI is InChI=1S/C26H27NO9.ClH/c1-10-21(29)15(27)7-17(35-10)36-16-9-26(34,11(2)28)8-14-18(16)25(33)20-19(24(14)32)22(30)12-5-3-4-6-13(12)23(20)31;/h3-6,10,15-17,21,29,32-34H,7-9,27H2,1-2H3;1H/p-1/t10-,15-,16-,17-,21+,26-;/m0./s1. The van der Waals surface area contributed by atoms with Gasteiger partial charge >= 0.3 is 0 Å². The summed E-state index contributed by atoms with van der Waals surface area (Å²) >= 11 is 0. The Morgan fingerprint density at radius 1 is 1.11 bits per heavy atom. The molecule has 10 nitrogen and oxygen atoms in total. The van der Waals surface area contributed by atoms with Gasteiger partial charge in [-0.2, -0.15) is 0 Å². The van der Waals surface area contributed by atoms with Crippen molar-refractivity contribution in [2.45, 2.75) is 69.4 Å². The number of carbonyl (C=O) groups is 3. The molecule has 0 bridgehead atoms. The molecule has 3 aliphatic rings. The average molecular weight is 533 g/mol. The number of ether oxygens (including phenoxy) is 2. The van der Waals surface area contributed by atoms with Crippen LogP contribution in [0.4, 0.5) is 0 Å². The number of benzene rings is 2. The predicted molar refractivity (Wildman–Crippen MR) is 124 cm³/mol. The topological polar surface area (TPSA) is 177 Å². The summed E-state index contributed by atoms with van der Waals surface area (Å²) in [6, 6.07) is 5.40. The molecule has 0 unspecified atom stereocenters. The van der Waals surface area contributed by atoms with Crippen molar-refractivity contribution in [1.82, 2.24) is 0 Å². The van der Waals surface area contributed by atoms with E-state index in [-0.39, 0.29) is 58.6 Å². The fraction of sp³-hybridized carbons (Fsp3) is 0.423. The zero-order valence-electron chi connectivity index (χ0n) is 20.1. The zero-order valence-corrected chi connectivity index (χ0v) is 20.9. The van der Waals surface area contributed by atoms with E-state index in [0.29, 0.717) is 0 Å². The first-order chi connectivity index (χ1) is 16.9. The first kappa shape index (κ1) is 27.2. The number of aromatic hydroxyl groups is 2. The normalized spacial score (nSPS) is 30.6. The summed E-state index contributed by atoms with van der Waals surface area (Å²) in [6.07, 6.45) is -4.38. The maximum absolute atomic E-state index is 13.3. The molecule has 1 aliphatic heterocycles. The number of phenols is 2. The molecule has 2 aromatic carbocycles. The van der Waals surface area contributed by atoms with Crippen molar-refractivity contribution in [3.8, 4) is 11.5 Å². The predicted octanol–water partition coefficient (Wildman–Crippen LogP) is -1.98. The molecule has 0 saturated carbocycles. The van der Waals surface area contributed by atoms with Crippen LogP contribution in [-0.4, -0.2) is 67.9 Å². The van der Waals surface area contributed by atoms with Gasteiger partial charge < -0.3 is 48.0 Å². The molecular weight excluding hydrogens is 506 g/mol. The number of halogens is 1. The molecular formula is C26H27ClNO9-. The van der Waals surface area contributed by atoms with Crippen LogP contribution in [0, 0.1) is 0 Å². The molecule has 6 atom stereocenters. The van der Waals surface area contributed by atoms with Crippen LogP contribution in [0.15, 0.2) is 24.3 Å². The molecule has 6 N–H and O–H groups in total. The van der Waals surface area contributed by atoms with Crippen molar-refractivity contribution in [2.24, 2.45) is 5.73 Å². The Hall–Kier alpha value is -2.86. The molecule has 0 aromatic heterocycles. The van der Waals surface area contributed by atoms with Crippen LogP contribution in [0.1, 0.15) is 75.8 Å². The number of rotatable bonds is 3. The van der Waals surface area contributed by atoms with Crippen molar-refractivity contribution in [3.05, 3.63) is 57.6 Å². The maximum Gasteiger partial charge on any atom is 0.198 e. The molecule has 0 spiro atoms. The van der Waals surface area contributed by atoms with Gasteiger partial charge in [-0.05, 0) is 13.8 Å². The third-order valence-electron chi connectivity index (χ3n) is 7.50. The van der Waals surface area contributed by atoms with E-state index >= 15 is 0 Å². The number of phenolic OH excluding ortho intramolecular Hbond substituents is 2. The van der Waals surface area contributed by atoms with E-state index in [0.717, 1.165) is 0 Å². The first-order valence-corrected chi connectivity index (χ1v) is 11.7. The van der Waals surface area contributed by atoms with E-state index in [1.807, 2.05) is 0 Å². The fourth-order valence-electron chi connectivity index (χ4n) is 5.42. The molecule has 5 rings (SSSR count). The second kappa shape index (κ2) is 9.46. The van der Waals surface area contributed by atoms with Gasteiger partial charge in [-0.15, -0.1) is 0 Å². The van der Waals surface area contributed by atoms with Crippen LogP contribution >= 0.6 is 0 Å². The van der Waals surface area contributed by atoms with Gasteiger partial charge in [0.2, 0.25) is 0 Å². The highest BCUT2D eigenvalue weighted by molar-refractivity contribution is 6.30. The zero-order chi connectivity index (χ0) is 26.1. The Balaban J connectivity index is 0.00000320. The second-order valence-corrected chi connectivity index (χ2v) is 9.80. The van der Waals surface area contributed by atoms with Crippen LogP contribution in [0.25, 0.3) is 0 Å². The van der Waals surface area contributed by atoms with Gasteiger partial charge in [-0.25, -0.2) is 0 Å². The number of hydrogen-bond acceptors (Lipinski definition) is 10. The van der Waals surface area contributed by atoms with Crippen LogP contribution < -0.4 is 18.1 Å². The van der Waals surface area contributed by atoms with Gasteiger partial charge in [0.25, 0.3) is 0 Å². The maximum atomic E-state index is 13.3. The molecule has 2 aliphatic carbocycles. The number of hydrogen-bond donors (Lipinski definition) is 5. The first-order valence-electron chi connectivity index (χ1n) is 11.7. The summed E-state index contributed by atoms with van der Waals surface area (Å²) in [4.78, 5) is 39.0. The fourth-order valence-corrected chi connectivity index (χ4v) is 5.42. The summed E-state index contributed by atoms with van der Waals surface area (Å²) in [5.41, 5.74) is 3.38. The number of Topliss-reactive ketones (excluding diaryl/α,β-unsaturated/α-hetero) is 1. The Morgan fingerprint density at radius 2 is 1.68 bits per heavy atom. The summed E-state index contributed by atoms with van der Waals surface area (Å²) in [5.74, 6) is -3.06. The van der Waals surface area contributed by atoms with Crippen LogP contribution in [0.2, 0.25) is 0 Å². The third-order valence-corrected chi connectivity index (χ3v) is 7.50. The summed E-state index contributed by atoms with van der Waals surface area (Å²) in [5, 5.41) is 43.8. The molecule has 37 heavy (non-hydrogen) atoms. The SMILES string of the molecule is CC(=O)[C@]1(O)Cc2c(O)c3c(c(O)c2[C@@H](O[C@H]2C[C@H](N)[C@H](O)[C@H](C)O2)C1)C(=O)c1ccccc1C3=O.[Cl-]. The summed E-state index contributed by atoms with van der Waals surface area (Å²) < 4.78 is 11.8. The minimum Gasteiger partial charge on any atom is -1.00 e. The van der Waals surface area contributed by atoms with E-state index < -0.39 is 71.5 Å². The van der Waals surface area contributed by atoms with Crippen molar-refractivity contribution in [3.63, 3.8) is 0 Å². The van der Waals surface area contributed by atoms with Crippen molar-refractivity contribution in [1.29, 1.82) is 0 Å². The lowest BCUT2D eigenvalue weighted by atomic mass is 9.72. The highest BCUT2D eigenvalue weighted by Gasteiger charge is 2.49. The van der Waals surface area contributed by atoms with Gasteiger partial charge in [0.05, 0.1) is 29.4 Å². The number of aliphatic hydroxyl groups excluding tert-OH is 1. The molecule has 1 heterocycles. The molecule has 1 fully saturated rings. The van der Waals surface area contributed by atoms with Gasteiger partial charge in [0, 0.05) is 47.6 Å². The lowest BCUT2D eigenvalue weighted by Gasteiger charge is -2.42. The van der Waals surface area contributed by atoms with E-state index in [4.69, 9.17) is 15.2 Å². The summed E-state index contributed by atoms with van der Waals surface area (Å²) in [6.45, 7) is 2.80. The van der Waals surface area contributed by atoms with Gasteiger partial charge in [-0.1, -0.05) is 24.3 Å². The third kappa shape index (κ3) is 4.14. The molecule has 198 valence electrons. The molecule has 2 aromatic rings. The summed E-state index contributed by atoms with van der Waals surface area (Å²) in [7, 11) is 0. The van der Waals surface area contributed by atoms with E-state index in [9.17, 15) is 34.8 Å². The Morgan fingerprint density at radius 3 is 2.22 bits per heavy atom. The minimum atomic E-state index is -1.97. The van der Waals surface area contributed by atoms with Crippen LogP contribution in [0.5, 0.6) is 11.5 Å². The monoisotopic (exact) mass is 532 g/mol. The number of aliphatic hydroxyl groups is 2. The Labute approximate surface area is 218 Å². The van der Waals surface area contributed by atoms with Gasteiger partial charge in [-0.3, -0.25) is 14.4 Å². The minimum absolute atomic E-state index is 0. The van der Waals surface area contributed by atoms with Gasteiger partial charge in [0.1, 0.15) is 17.1 Å². The number of fused-ring (bicyclic) bond motifs is 3. The second-order valence-electron chi connectivity index (χ2n) is 9.80. The average Bonchev–Trinajstić information content (AvgIpc) is 2.82. The molecule has 0 radical (unpaired) electrons. The highest BCUT2D eigenvalue weighted by Crippen LogP contribution is 2.51. The lowest BCUT2D eigenvalue weighted by molar-refractivity contribution is -0.247. The van der Waals surface area contributed by atoms with Gasteiger partial charge in [0.15, 0.2) is 23.6 Å². The molecule has 0 amide bonds. The van der Waals surface area contributed by atoms with E-state index in [1.165, 1.54) is 19.1 Å². The molecule has 11 heteroatoms. The number of carbonyl (C=O) groups excluding carboxylic acids is 3. The van der Waals surface area contributed by atoms with Crippen molar-refractivity contribution < 1.29 is 56.7 Å². The van der Waals surface area contributed by atoms with E-state index in [1.54, 1.807) is 19.1 Å². The molecule has 1 saturated heterocycles. The van der Waals surface area contributed by atoms with Crippen LogP contribution in [0.3, 0.4) is 0 Å². The number of nitrogens with two attached hydrogens (primary N) is 1. The van der Waals surface area contributed by atoms with E-state index in [2.05, 4.69) is 0 Å². The number of ketones is 3. The highest BCUT2D eigenvalue weighted by atomic mass is 35.5. The Bertz CT molecular complexity index is 1300. The quantitative estimate of drug-likeness (QED) is 0.238. The smallest absolute Gasteiger partial charge is 0.198 e. The van der Waals surface area contributed by atoms with Crippen LogP contribution in [-0.2, 0) is 20.7 Å². The largest absolute Gasteiger partial charge is 1.00 e. The van der Waals surface area contributed by atoms with Crippen molar-refractivity contribution in [2.75, 3.05) is 0 Å². The lowest BCUT2D eigenvalue weighted by Crippen LogP contribution is -3.00. The van der Waals surface area contributed by atoms with Crippen molar-refractivity contribution >= 4 is 17.3 Å².